The van der Waals surface area contributed by atoms with Crippen molar-refractivity contribution in [3.05, 3.63) is 23.4 Å². The van der Waals surface area contributed by atoms with Crippen LogP contribution in [0.25, 0.3) is 0 Å². The lowest BCUT2D eigenvalue weighted by molar-refractivity contribution is -0.135. The summed E-state index contributed by atoms with van der Waals surface area (Å²) in [7, 11) is 0. The van der Waals surface area contributed by atoms with Gasteiger partial charge in [0, 0.05) is 43.9 Å². The molecule has 0 saturated carbocycles. The highest BCUT2D eigenvalue weighted by Gasteiger charge is 2.36. The second-order valence-corrected chi connectivity index (χ2v) is 6.48. The summed E-state index contributed by atoms with van der Waals surface area (Å²) >= 11 is 8.03. The summed E-state index contributed by atoms with van der Waals surface area (Å²) < 4.78 is 0. The molecule has 3 rings (SSSR count). The van der Waals surface area contributed by atoms with Crippen LogP contribution in [0, 0.1) is 5.92 Å². The standard InChI is InChI=1S/C13H16ClN3OS/c14-11-2-1-3-15-12(11)17-8-10(9-17)13(18)16-4-6-19-7-5-16/h1-3,10H,4-9H2. The van der Waals surface area contributed by atoms with Gasteiger partial charge in [0.2, 0.25) is 5.91 Å². The number of halogens is 1. The third-order valence-electron chi connectivity index (χ3n) is 3.59. The van der Waals surface area contributed by atoms with Crippen LogP contribution in [0.2, 0.25) is 5.02 Å². The smallest absolute Gasteiger partial charge is 0.229 e. The summed E-state index contributed by atoms with van der Waals surface area (Å²) in [6, 6.07) is 3.65. The van der Waals surface area contributed by atoms with Crippen molar-refractivity contribution < 1.29 is 4.79 Å². The molecule has 1 aromatic heterocycles. The lowest BCUT2D eigenvalue weighted by atomic mass is 9.98. The first-order chi connectivity index (χ1) is 9.25. The van der Waals surface area contributed by atoms with Gasteiger partial charge in [-0.1, -0.05) is 11.6 Å². The quantitative estimate of drug-likeness (QED) is 0.833. The summed E-state index contributed by atoms with van der Waals surface area (Å²) in [6.07, 6.45) is 1.73. The van der Waals surface area contributed by atoms with Gasteiger partial charge in [0.25, 0.3) is 0 Å². The highest BCUT2D eigenvalue weighted by atomic mass is 35.5. The number of nitrogens with zero attached hydrogens (tertiary/aromatic N) is 3. The van der Waals surface area contributed by atoms with Gasteiger partial charge in [-0.2, -0.15) is 11.8 Å². The number of thioether (sulfide) groups is 1. The summed E-state index contributed by atoms with van der Waals surface area (Å²) in [5.41, 5.74) is 0. The van der Waals surface area contributed by atoms with Crippen LogP contribution in [0.5, 0.6) is 0 Å². The highest BCUT2D eigenvalue weighted by Crippen LogP contribution is 2.30. The maximum atomic E-state index is 12.3. The zero-order chi connectivity index (χ0) is 13.2. The molecule has 2 saturated heterocycles. The molecule has 4 nitrogen and oxygen atoms in total. The van der Waals surface area contributed by atoms with Crippen LogP contribution in [-0.2, 0) is 4.79 Å². The van der Waals surface area contributed by atoms with E-state index >= 15 is 0 Å². The first-order valence-electron chi connectivity index (χ1n) is 6.47. The lowest BCUT2D eigenvalue weighted by Crippen LogP contribution is -2.56. The number of carbonyl (C=O) groups is 1. The Bertz CT molecular complexity index is 473. The zero-order valence-electron chi connectivity index (χ0n) is 10.6. The average molecular weight is 298 g/mol. The number of amides is 1. The number of hydrogen-bond donors (Lipinski definition) is 0. The summed E-state index contributed by atoms with van der Waals surface area (Å²) in [5.74, 6) is 3.33. The summed E-state index contributed by atoms with van der Waals surface area (Å²) in [4.78, 5) is 20.6. The molecule has 0 aromatic carbocycles. The Morgan fingerprint density at radius 2 is 2.11 bits per heavy atom. The third kappa shape index (κ3) is 2.67. The molecule has 6 heteroatoms. The maximum Gasteiger partial charge on any atom is 0.229 e. The predicted molar refractivity (Wildman–Crippen MR) is 78.9 cm³/mol. The van der Waals surface area contributed by atoms with E-state index in [9.17, 15) is 4.79 Å². The van der Waals surface area contributed by atoms with Gasteiger partial charge in [0.15, 0.2) is 0 Å². The molecule has 0 bridgehead atoms. The first kappa shape index (κ1) is 13.1. The molecular weight excluding hydrogens is 282 g/mol. The van der Waals surface area contributed by atoms with Crippen molar-refractivity contribution in [1.29, 1.82) is 0 Å². The van der Waals surface area contributed by atoms with Crippen LogP contribution in [0.15, 0.2) is 18.3 Å². The molecule has 3 heterocycles. The van der Waals surface area contributed by atoms with E-state index in [0.717, 1.165) is 43.5 Å². The number of hydrogen-bond acceptors (Lipinski definition) is 4. The summed E-state index contributed by atoms with van der Waals surface area (Å²) in [6.45, 7) is 3.26. The molecule has 0 unspecified atom stereocenters. The Labute approximate surface area is 122 Å². The zero-order valence-corrected chi connectivity index (χ0v) is 12.2. The van der Waals surface area contributed by atoms with E-state index in [-0.39, 0.29) is 5.92 Å². The second kappa shape index (κ2) is 5.59. The van der Waals surface area contributed by atoms with Crippen molar-refractivity contribution in [3.63, 3.8) is 0 Å². The molecule has 1 amide bonds. The Morgan fingerprint density at radius 1 is 1.37 bits per heavy atom. The van der Waals surface area contributed by atoms with Crippen molar-refractivity contribution in [2.45, 2.75) is 0 Å². The molecular formula is C13H16ClN3OS. The Hall–Kier alpha value is -0.940. The maximum absolute atomic E-state index is 12.3. The van der Waals surface area contributed by atoms with Crippen LogP contribution in [0.1, 0.15) is 0 Å². The fourth-order valence-corrected chi connectivity index (χ4v) is 3.60. The van der Waals surface area contributed by atoms with Crippen molar-refractivity contribution in [3.8, 4) is 0 Å². The van der Waals surface area contributed by atoms with E-state index in [4.69, 9.17) is 11.6 Å². The Morgan fingerprint density at radius 3 is 2.79 bits per heavy atom. The minimum atomic E-state index is 0.112. The van der Waals surface area contributed by atoms with Gasteiger partial charge in [0.1, 0.15) is 5.82 Å². The number of carbonyl (C=O) groups excluding carboxylic acids is 1. The van der Waals surface area contributed by atoms with E-state index in [1.807, 2.05) is 28.8 Å². The van der Waals surface area contributed by atoms with Crippen LogP contribution in [0.4, 0.5) is 5.82 Å². The van der Waals surface area contributed by atoms with Gasteiger partial charge in [0.05, 0.1) is 10.9 Å². The van der Waals surface area contributed by atoms with Gasteiger partial charge >= 0.3 is 0 Å². The van der Waals surface area contributed by atoms with Crippen molar-refractivity contribution in [1.82, 2.24) is 9.88 Å². The molecule has 0 N–H and O–H groups in total. The third-order valence-corrected chi connectivity index (χ3v) is 4.83. The van der Waals surface area contributed by atoms with Crippen molar-refractivity contribution in [2.75, 3.05) is 42.6 Å². The molecule has 2 aliphatic rings. The van der Waals surface area contributed by atoms with Crippen LogP contribution in [0.3, 0.4) is 0 Å². The molecule has 2 aliphatic heterocycles. The van der Waals surface area contributed by atoms with E-state index in [1.165, 1.54) is 0 Å². The number of rotatable bonds is 2. The molecule has 0 spiro atoms. The van der Waals surface area contributed by atoms with Crippen LogP contribution in [-0.4, -0.2) is 53.5 Å². The van der Waals surface area contributed by atoms with E-state index in [2.05, 4.69) is 9.88 Å². The van der Waals surface area contributed by atoms with Crippen molar-refractivity contribution >= 4 is 35.1 Å². The Balaban J connectivity index is 1.57. The Kier molecular flexibility index (Phi) is 3.84. The van der Waals surface area contributed by atoms with E-state index in [1.54, 1.807) is 6.20 Å². The monoisotopic (exact) mass is 297 g/mol. The molecule has 2 fully saturated rings. The highest BCUT2D eigenvalue weighted by molar-refractivity contribution is 7.99. The minimum Gasteiger partial charge on any atom is -0.354 e. The van der Waals surface area contributed by atoms with E-state index in [0.29, 0.717) is 10.9 Å². The predicted octanol–water partition coefficient (Wildman–Crippen LogP) is 1.75. The largest absolute Gasteiger partial charge is 0.354 e. The molecule has 102 valence electrons. The molecule has 0 aliphatic carbocycles. The molecule has 0 radical (unpaired) electrons. The number of pyridine rings is 1. The van der Waals surface area contributed by atoms with Crippen LogP contribution < -0.4 is 4.90 Å². The minimum absolute atomic E-state index is 0.112. The van der Waals surface area contributed by atoms with E-state index < -0.39 is 0 Å². The van der Waals surface area contributed by atoms with Gasteiger partial charge in [-0.3, -0.25) is 4.79 Å². The second-order valence-electron chi connectivity index (χ2n) is 4.85. The lowest BCUT2D eigenvalue weighted by Gasteiger charge is -2.42. The molecule has 1 aromatic rings. The van der Waals surface area contributed by atoms with Gasteiger partial charge in [-0.05, 0) is 12.1 Å². The topological polar surface area (TPSA) is 36.4 Å². The average Bonchev–Trinajstić information content (AvgIpc) is 2.40. The number of aromatic nitrogens is 1. The van der Waals surface area contributed by atoms with Gasteiger partial charge < -0.3 is 9.80 Å². The first-order valence-corrected chi connectivity index (χ1v) is 8.01. The van der Waals surface area contributed by atoms with Crippen LogP contribution >= 0.6 is 23.4 Å². The fraction of sp³-hybridized carbons (Fsp3) is 0.538. The molecule has 19 heavy (non-hydrogen) atoms. The van der Waals surface area contributed by atoms with Gasteiger partial charge in [-0.15, -0.1) is 0 Å². The number of anilines is 1. The normalized spacial score (nSPS) is 20.3. The molecule has 0 atom stereocenters. The fourth-order valence-electron chi connectivity index (χ4n) is 2.46. The van der Waals surface area contributed by atoms with Crippen molar-refractivity contribution in [2.24, 2.45) is 5.92 Å². The SMILES string of the molecule is O=C(C1CN(c2ncccc2Cl)C1)N1CCSCC1. The van der Waals surface area contributed by atoms with Gasteiger partial charge in [-0.25, -0.2) is 4.98 Å². The summed E-state index contributed by atoms with van der Waals surface area (Å²) in [5, 5.41) is 0.655.